The molecule has 2 atom stereocenters. The first-order valence-electron chi connectivity index (χ1n) is 17.8. The number of quaternary nitrogens is 1. The maximum absolute atomic E-state index is 13.9. The first-order chi connectivity index (χ1) is 22.5. The summed E-state index contributed by atoms with van der Waals surface area (Å²) in [6.07, 6.45) is 3.61. The fourth-order valence-corrected chi connectivity index (χ4v) is 8.47. The highest BCUT2D eigenvalue weighted by molar-refractivity contribution is 7.89. The van der Waals surface area contributed by atoms with Gasteiger partial charge in [-0.2, -0.15) is 0 Å². The molecule has 0 amide bonds. The lowest BCUT2D eigenvalue weighted by Crippen LogP contribution is -2.56. The lowest BCUT2D eigenvalue weighted by molar-refractivity contribution is -0.923. The van der Waals surface area contributed by atoms with E-state index in [1.165, 1.54) is 0 Å². The summed E-state index contributed by atoms with van der Waals surface area (Å²) in [5.74, 6) is 0.150. The minimum atomic E-state index is -3.88. The van der Waals surface area contributed by atoms with Gasteiger partial charge in [0.25, 0.3) is 0 Å². The topological polar surface area (TPSA) is 97.3 Å². The smallest absolute Gasteiger partial charge is 0.241 e. The number of benzene rings is 2. The number of rotatable bonds is 21. The van der Waals surface area contributed by atoms with E-state index in [1.54, 1.807) is 6.07 Å². The monoisotopic (exact) mass is 676 g/mol. The Kier molecular flexibility index (Phi) is 15.5. The van der Waals surface area contributed by atoms with Crippen molar-refractivity contribution in [3.63, 3.8) is 0 Å². The molecule has 2 aromatic rings. The normalized spacial score (nSPS) is 18.8. The highest BCUT2D eigenvalue weighted by Crippen LogP contribution is 2.45. The van der Waals surface area contributed by atoms with Gasteiger partial charge in [-0.3, -0.25) is 0 Å². The van der Waals surface area contributed by atoms with Crippen molar-refractivity contribution in [2.75, 3.05) is 78.2 Å². The number of anilines is 1. The van der Waals surface area contributed by atoms with Crippen molar-refractivity contribution in [3.05, 3.63) is 53.6 Å². The fraction of sp³-hybridized carbons (Fsp3) is 0.676. The van der Waals surface area contributed by atoms with Crippen molar-refractivity contribution < 1.29 is 32.2 Å². The quantitative estimate of drug-likeness (QED) is 0.125. The molecule has 1 heterocycles. The first-order valence-corrected chi connectivity index (χ1v) is 19.3. The first kappa shape index (κ1) is 39.2. The van der Waals surface area contributed by atoms with Gasteiger partial charge in [0.1, 0.15) is 18.9 Å². The van der Waals surface area contributed by atoms with Gasteiger partial charge in [0, 0.05) is 25.7 Å². The Morgan fingerprint density at radius 2 is 1.40 bits per heavy atom. The van der Waals surface area contributed by atoms with Gasteiger partial charge in [-0.15, -0.1) is 0 Å². The summed E-state index contributed by atoms with van der Waals surface area (Å²) in [5.41, 5.74) is 1.36. The molecule has 0 saturated heterocycles. The zero-order valence-corrected chi connectivity index (χ0v) is 30.9. The molecule has 266 valence electrons. The predicted octanol–water partition coefficient (Wildman–Crippen LogP) is 5.95. The van der Waals surface area contributed by atoms with E-state index >= 15 is 0 Å². The van der Waals surface area contributed by atoms with Crippen molar-refractivity contribution in [1.82, 2.24) is 4.72 Å². The standard InChI is InChI=1S/C37H62N3O6S/c1-8-13-21-37(22-14-9-2)36(41)35(33-29-31(39(6)7)17-20-34(33)47(42,43)38-37)30-15-18-32(19-16-30)46-28-27-45-26-25-44-24-23-40(10-3,11-4)12-5/h15-20,29,35-36,38,41H,8-14,21-28H2,1-7H3/q+1/t35-,36-/m1/s1. The van der Waals surface area contributed by atoms with Gasteiger partial charge in [-0.25, -0.2) is 13.1 Å². The number of unbranched alkanes of at least 4 members (excludes halogenated alkanes) is 2. The van der Waals surface area contributed by atoms with Gasteiger partial charge in [0.05, 0.1) is 62.6 Å². The summed E-state index contributed by atoms with van der Waals surface area (Å²) in [6.45, 7) is 18.0. The van der Waals surface area contributed by atoms with E-state index < -0.39 is 27.6 Å². The molecular formula is C37H62N3O6S+. The molecule has 0 aromatic heterocycles. The Balaban J connectivity index is 1.73. The molecule has 1 aliphatic rings. The molecule has 47 heavy (non-hydrogen) atoms. The molecule has 0 bridgehead atoms. The number of nitrogens with one attached hydrogen (secondary N) is 1. The number of hydrogen-bond donors (Lipinski definition) is 2. The third-order valence-electron chi connectivity index (χ3n) is 10.1. The number of likely N-dealkylation sites (N-methyl/N-ethyl adjacent to an activating group) is 1. The van der Waals surface area contributed by atoms with Gasteiger partial charge in [0.15, 0.2) is 0 Å². The summed E-state index contributed by atoms with van der Waals surface area (Å²) < 4.78 is 49.5. The van der Waals surface area contributed by atoms with E-state index in [0.717, 1.165) is 74.2 Å². The number of nitrogens with zero attached hydrogens (tertiary/aromatic N) is 2. The van der Waals surface area contributed by atoms with Crippen LogP contribution in [0, 0.1) is 0 Å². The third kappa shape index (κ3) is 10.2. The van der Waals surface area contributed by atoms with E-state index in [0.29, 0.717) is 50.6 Å². The van der Waals surface area contributed by atoms with Crippen LogP contribution in [-0.2, 0) is 19.5 Å². The van der Waals surface area contributed by atoms with Crippen LogP contribution in [0.4, 0.5) is 5.69 Å². The maximum Gasteiger partial charge on any atom is 0.241 e. The highest BCUT2D eigenvalue weighted by atomic mass is 32.2. The molecule has 0 radical (unpaired) electrons. The zero-order valence-electron chi connectivity index (χ0n) is 30.1. The molecule has 10 heteroatoms. The van der Waals surface area contributed by atoms with Crippen LogP contribution in [0.2, 0.25) is 0 Å². The van der Waals surface area contributed by atoms with Crippen molar-refractivity contribution in [1.29, 1.82) is 0 Å². The van der Waals surface area contributed by atoms with Gasteiger partial charge in [-0.1, -0.05) is 51.7 Å². The van der Waals surface area contributed by atoms with E-state index in [9.17, 15) is 13.5 Å². The zero-order chi connectivity index (χ0) is 34.5. The lowest BCUT2D eigenvalue weighted by atomic mass is 9.73. The minimum Gasteiger partial charge on any atom is -0.491 e. The van der Waals surface area contributed by atoms with Crippen LogP contribution in [0.25, 0.3) is 0 Å². The second-order valence-corrected chi connectivity index (χ2v) is 14.8. The molecule has 0 unspecified atom stereocenters. The van der Waals surface area contributed by atoms with E-state index in [2.05, 4.69) is 39.3 Å². The van der Waals surface area contributed by atoms with E-state index in [4.69, 9.17) is 14.2 Å². The number of sulfonamides is 1. The number of ether oxygens (including phenoxy) is 3. The summed E-state index contributed by atoms with van der Waals surface area (Å²) in [4.78, 5) is 2.18. The summed E-state index contributed by atoms with van der Waals surface area (Å²) in [6, 6.07) is 13.1. The van der Waals surface area contributed by atoms with Gasteiger partial charge in [-0.05, 0) is 75.1 Å². The minimum absolute atomic E-state index is 0.225. The van der Waals surface area contributed by atoms with Gasteiger partial charge < -0.3 is 28.7 Å². The molecule has 9 nitrogen and oxygen atoms in total. The lowest BCUT2D eigenvalue weighted by Gasteiger charge is -2.40. The van der Waals surface area contributed by atoms with Crippen LogP contribution in [-0.4, -0.2) is 103 Å². The van der Waals surface area contributed by atoms with Crippen LogP contribution < -0.4 is 14.4 Å². The highest BCUT2D eigenvalue weighted by Gasteiger charge is 2.49. The summed E-state index contributed by atoms with van der Waals surface area (Å²) >= 11 is 0. The average Bonchev–Trinajstić information content (AvgIpc) is 3.14. The van der Waals surface area contributed by atoms with Crippen LogP contribution in [0.5, 0.6) is 5.75 Å². The van der Waals surface area contributed by atoms with Crippen molar-refractivity contribution in [2.24, 2.45) is 0 Å². The third-order valence-corrected chi connectivity index (χ3v) is 11.8. The van der Waals surface area contributed by atoms with Gasteiger partial charge >= 0.3 is 0 Å². The number of fused-ring (bicyclic) bond motifs is 1. The Hall–Kier alpha value is -2.21. The molecule has 2 N–H and O–H groups in total. The number of aliphatic hydroxyl groups is 1. The Labute approximate surface area is 285 Å². The Morgan fingerprint density at radius 3 is 1.96 bits per heavy atom. The molecule has 0 aliphatic carbocycles. The van der Waals surface area contributed by atoms with Crippen molar-refractivity contribution in [2.45, 2.75) is 95.6 Å². The second kappa shape index (κ2) is 18.5. The largest absolute Gasteiger partial charge is 0.491 e. The Morgan fingerprint density at radius 1 is 0.830 bits per heavy atom. The number of hydrogen-bond acceptors (Lipinski definition) is 7. The van der Waals surface area contributed by atoms with Crippen LogP contribution in [0.15, 0.2) is 47.4 Å². The average molecular weight is 677 g/mol. The molecule has 0 saturated carbocycles. The maximum atomic E-state index is 13.9. The van der Waals surface area contributed by atoms with Crippen molar-refractivity contribution >= 4 is 15.7 Å². The van der Waals surface area contributed by atoms with Crippen LogP contribution in [0.3, 0.4) is 0 Å². The summed E-state index contributed by atoms with van der Waals surface area (Å²) in [7, 11) is -0.0186. The molecule has 3 rings (SSSR count). The Bertz CT molecular complexity index is 1300. The molecule has 0 fully saturated rings. The SMILES string of the molecule is CCCCC1(CCCC)NS(=O)(=O)c2ccc(N(C)C)cc2[C@@H](c2ccc(OCCOCCOCC[N+](CC)(CC)CC)cc2)[C@H]1O. The van der Waals surface area contributed by atoms with E-state index in [1.807, 2.05) is 55.4 Å². The predicted molar refractivity (Wildman–Crippen MR) is 191 cm³/mol. The molecule has 2 aromatic carbocycles. The van der Waals surface area contributed by atoms with Crippen LogP contribution in [0.1, 0.15) is 90.2 Å². The second-order valence-electron chi connectivity index (χ2n) is 13.2. The molecule has 1 aliphatic heterocycles. The fourth-order valence-electron chi connectivity index (χ4n) is 6.76. The van der Waals surface area contributed by atoms with Gasteiger partial charge in [0.2, 0.25) is 10.0 Å². The van der Waals surface area contributed by atoms with Crippen LogP contribution >= 0.6 is 0 Å². The molecule has 0 spiro atoms. The van der Waals surface area contributed by atoms with Crippen molar-refractivity contribution in [3.8, 4) is 5.75 Å². The van der Waals surface area contributed by atoms with E-state index in [-0.39, 0.29) is 4.90 Å². The summed E-state index contributed by atoms with van der Waals surface area (Å²) in [5, 5.41) is 12.3. The molecular weight excluding hydrogens is 614 g/mol. The number of aliphatic hydroxyl groups excluding tert-OH is 1.